The molecular formula is C37H54N10O4S4. The quantitative estimate of drug-likeness (QED) is 0.101. The molecule has 0 radical (unpaired) electrons. The summed E-state index contributed by atoms with van der Waals surface area (Å²) in [5.74, 6) is -0.519. The first-order chi connectivity index (χ1) is 26.1. The lowest BCUT2D eigenvalue weighted by molar-refractivity contribution is 0.0766. The molecule has 4 aromatic heterocycles. The van der Waals surface area contributed by atoms with Gasteiger partial charge in [-0.2, -0.15) is 0 Å². The number of nitrogens with one attached hydrogen (secondary N) is 2. The Labute approximate surface area is 340 Å². The Kier molecular flexibility index (Phi) is 14.9. The van der Waals surface area contributed by atoms with Crippen molar-refractivity contribution in [1.29, 1.82) is 0 Å². The number of rotatable bonds is 18. The molecule has 0 fully saturated rings. The minimum atomic E-state index is -1.03. The van der Waals surface area contributed by atoms with E-state index in [9.17, 15) is 19.2 Å². The van der Waals surface area contributed by atoms with Gasteiger partial charge >= 0.3 is 0 Å². The van der Waals surface area contributed by atoms with Crippen molar-refractivity contribution in [3.63, 3.8) is 0 Å². The van der Waals surface area contributed by atoms with Gasteiger partial charge in [-0.1, -0.05) is 45.3 Å². The van der Waals surface area contributed by atoms with E-state index in [1.165, 1.54) is 45.3 Å². The van der Waals surface area contributed by atoms with Gasteiger partial charge in [-0.05, 0) is 83.1 Å². The summed E-state index contributed by atoms with van der Waals surface area (Å²) in [6.45, 7) is 27.3. The zero-order valence-electron chi connectivity index (χ0n) is 34.0. The highest BCUT2D eigenvalue weighted by molar-refractivity contribution is 7.20. The first kappa shape index (κ1) is 43.7. The molecule has 4 aromatic rings. The van der Waals surface area contributed by atoms with E-state index in [0.717, 1.165) is 0 Å². The van der Waals surface area contributed by atoms with E-state index in [1.54, 1.807) is 19.6 Å². The molecule has 0 unspecified atom stereocenters. The molecule has 0 aliphatic carbocycles. The molecule has 55 heavy (non-hydrogen) atoms. The molecule has 2 N–H and O–H groups in total. The Morgan fingerprint density at radius 1 is 0.455 bits per heavy atom. The van der Waals surface area contributed by atoms with Gasteiger partial charge in [0, 0.05) is 52.4 Å². The van der Waals surface area contributed by atoms with E-state index < -0.39 is 5.41 Å². The summed E-state index contributed by atoms with van der Waals surface area (Å²) in [4.78, 5) is 83.0. The Morgan fingerprint density at radius 2 is 0.691 bits per heavy atom. The van der Waals surface area contributed by atoms with E-state index >= 15 is 0 Å². The van der Waals surface area contributed by atoms with Crippen LogP contribution in [-0.2, 0) is 5.41 Å². The van der Waals surface area contributed by atoms with E-state index in [1.807, 2.05) is 83.1 Å². The standard InChI is InChI=1S/C37H54N10O4S4/c1-13-44(14-2)29(48)23-21(9)38-33(52-23)42-35-40-27(25(54-35)31(50)46(17-5)18-6)37(11,12)28-26(32(51)47(19-7)20-8)55-36(41-28)43-34-39-22(10)24(53-34)30(49)45(15-3)16-4/h13-20H2,1-12H3,(H,38,40,42)(H,39,41,43). The highest BCUT2D eigenvalue weighted by atomic mass is 32.1. The number of nitrogens with zero attached hydrogens (tertiary/aromatic N) is 8. The highest BCUT2D eigenvalue weighted by Crippen LogP contribution is 2.43. The van der Waals surface area contributed by atoms with E-state index in [0.29, 0.717) is 115 Å². The van der Waals surface area contributed by atoms with Gasteiger partial charge in [0.25, 0.3) is 23.6 Å². The summed E-state index contributed by atoms with van der Waals surface area (Å²) in [7, 11) is 0. The third-order valence-electron chi connectivity index (χ3n) is 9.44. The summed E-state index contributed by atoms with van der Waals surface area (Å²) in [6.07, 6.45) is 0. The number of amides is 4. The maximum Gasteiger partial charge on any atom is 0.265 e. The smallest absolute Gasteiger partial charge is 0.265 e. The third kappa shape index (κ3) is 9.18. The van der Waals surface area contributed by atoms with Crippen LogP contribution in [0.5, 0.6) is 0 Å². The zero-order chi connectivity index (χ0) is 40.8. The van der Waals surface area contributed by atoms with Gasteiger partial charge in [0.1, 0.15) is 19.5 Å². The molecule has 0 aromatic carbocycles. The maximum atomic E-state index is 14.2. The molecule has 0 spiro atoms. The number of thiazole rings is 4. The SMILES string of the molecule is CCN(CC)C(=O)c1sc(Nc2nc(C(C)(C)c3nc(Nc4nc(C)c(C(=O)N(CC)CC)s4)sc3C(=O)N(CC)CC)c(C(=O)N(CC)CC)s2)nc1C. The lowest BCUT2D eigenvalue weighted by atomic mass is 9.83. The molecule has 0 saturated heterocycles. The number of carbonyl (C=O) groups excluding carboxylic acids is 4. The van der Waals surface area contributed by atoms with Crippen LogP contribution in [0.4, 0.5) is 20.5 Å². The Hall–Kier alpha value is -4.00. The molecule has 14 nitrogen and oxygen atoms in total. The minimum absolute atomic E-state index is 0.0793. The van der Waals surface area contributed by atoms with Crippen LogP contribution in [0.25, 0.3) is 0 Å². The van der Waals surface area contributed by atoms with Crippen molar-refractivity contribution in [3.05, 3.63) is 42.3 Å². The second kappa shape index (κ2) is 18.8. The molecule has 18 heteroatoms. The van der Waals surface area contributed by atoms with Crippen molar-refractivity contribution >= 4 is 89.5 Å². The van der Waals surface area contributed by atoms with Crippen LogP contribution in [0.1, 0.15) is 131 Å². The first-order valence-corrected chi connectivity index (χ1v) is 22.1. The Balaban J connectivity index is 1.83. The van der Waals surface area contributed by atoms with Gasteiger partial charge in [-0.25, -0.2) is 19.9 Å². The molecule has 4 amide bonds. The molecule has 4 rings (SSSR count). The fourth-order valence-corrected chi connectivity index (χ4v) is 10.3. The Bertz CT molecular complexity index is 1840. The number of anilines is 4. The van der Waals surface area contributed by atoms with Gasteiger partial charge in [0.15, 0.2) is 20.5 Å². The van der Waals surface area contributed by atoms with Crippen LogP contribution in [0.2, 0.25) is 0 Å². The molecular weight excluding hydrogens is 777 g/mol. The monoisotopic (exact) mass is 830 g/mol. The third-order valence-corrected chi connectivity index (χ3v) is 13.5. The van der Waals surface area contributed by atoms with Gasteiger partial charge in [0.05, 0.1) is 28.2 Å². The summed E-state index contributed by atoms with van der Waals surface area (Å²) in [5, 5.41) is 8.41. The predicted octanol–water partition coefficient (Wildman–Crippen LogP) is 7.87. The number of hydrogen-bond donors (Lipinski definition) is 2. The molecule has 300 valence electrons. The van der Waals surface area contributed by atoms with Crippen LogP contribution < -0.4 is 10.6 Å². The predicted molar refractivity (Wildman–Crippen MR) is 226 cm³/mol. The van der Waals surface area contributed by atoms with Gasteiger partial charge < -0.3 is 30.2 Å². The lowest BCUT2D eigenvalue weighted by Gasteiger charge is -2.26. The van der Waals surface area contributed by atoms with E-state index in [4.69, 9.17) is 9.97 Å². The van der Waals surface area contributed by atoms with Crippen molar-refractivity contribution in [3.8, 4) is 0 Å². The average Bonchev–Trinajstić information content (AvgIpc) is 3.96. The summed E-state index contributed by atoms with van der Waals surface area (Å²) in [6, 6.07) is 0. The topological polar surface area (TPSA) is 157 Å². The van der Waals surface area contributed by atoms with Crippen LogP contribution in [0, 0.1) is 13.8 Å². The van der Waals surface area contributed by atoms with Crippen molar-refractivity contribution in [1.82, 2.24) is 39.5 Å². The second-order valence-electron chi connectivity index (χ2n) is 13.0. The summed E-state index contributed by atoms with van der Waals surface area (Å²) < 4.78 is 0. The lowest BCUT2D eigenvalue weighted by Crippen LogP contribution is -2.34. The molecule has 0 aliphatic rings. The van der Waals surface area contributed by atoms with Crippen molar-refractivity contribution in [2.75, 3.05) is 63.0 Å². The largest absolute Gasteiger partial charge is 0.338 e. The van der Waals surface area contributed by atoms with Crippen LogP contribution in [0.3, 0.4) is 0 Å². The zero-order valence-corrected chi connectivity index (χ0v) is 37.3. The first-order valence-electron chi connectivity index (χ1n) is 18.8. The number of carbonyl (C=O) groups is 4. The van der Waals surface area contributed by atoms with Crippen LogP contribution >= 0.6 is 45.3 Å². The minimum Gasteiger partial charge on any atom is -0.338 e. The van der Waals surface area contributed by atoms with Gasteiger partial charge in [-0.3, -0.25) is 19.2 Å². The number of aromatic nitrogens is 4. The summed E-state index contributed by atoms with van der Waals surface area (Å²) in [5.41, 5.74) is 1.12. The molecule has 0 saturated carbocycles. The molecule has 0 bridgehead atoms. The highest BCUT2D eigenvalue weighted by Gasteiger charge is 2.40. The molecule has 4 heterocycles. The van der Waals surface area contributed by atoms with Gasteiger partial charge in [0.2, 0.25) is 0 Å². The molecule has 0 atom stereocenters. The van der Waals surface area contributed by atoms with Crippen molar-refractivity contribution in [2.45, 2.75) is 88.5 Å². The summed E-state index contributed by atoms with van der Waals surface area (Å²) >= 11 is 4.93. The second-order valence-corrected chi connectivity index (χ2v) is 17.0. The normalized spacial score (nSPS) is 11.4. The number of aryl methyl sites for hydroxylation is 2. The van der Waals surface area contributed by atoms with Gasteiger partial charge in [-0.15, -0.1) is 0 Å². The van der Waals surface area contributed by atoms with Crippen molar-refractivity contribution < 1.29 is 19.2 Å². The van der Waals surface area contributed by atoms with Crippen LogP contribution in [0.15, 0.2) is 0 Å². The van der Waals surface area contributed by atoms with E-state index in [-0.39, 0.29) is 23.6 Å². The average molecular weight is 831 g/mol. The van der Waals surface area contributed by atoms with Crippen molar-refractivity contribution in [2.24, 2.45) is 0 Å². The Morgan fingerprint density at radius 3 is 0.964 bits per heavy atom. The maximum absolute atomic E-state index is 14.2. The number of hydrogen-bond acceptors (Lipinski definition) is 14. The fourth-order valence-electron chi connectivity index (χ4n) is 6.09. The van der Waals surface area contributed by atoms with Crippen LogP contribution in [-0.4, -0.2) is 116 Å². The molecule has 0 aliphatic heterocycles. The fraction of sp³-hybridized carbons (Fsp3) is 0.568. The van der Waals surface area contributed by atoms with E-state index in [2.05, 4.69) is 20.6 Å².